The molecule has 0 aliphatic carbocycles. The Balaban J connectivity index is 1.32. The van der Waals surface area contributed by atoms with Gasteiger partial charge in [-0.1, -0.05) is 29.8 Å². The molecule has 5 N–H and O–H groups in total. The third-order valence-corrected chi connectivity index (χ3v) is 6.45. The van der Waals surface area contributed by atoms with Crippen molar-refractivity contribution in [2.75, 3.05) is 48.9 Å². The molecule has 0 bridgehead atoms. The van der Waals surface area contributed by atoms with Gasteiger partial charge in [0.2, 0.25) is 17.8 Å². The van der Waals surface area contributed by atoms with Gasteiger partial charge in [-0.05, 0) is 74.4 Å². The molecule has 3 aromatic carbocycles. The van der Waals surface area contributed by atoms with E-state index in [2.05, 4.69) is 36.2 Å². The second kappa shape index (κ2) is 17.3. The van der Waals surface area contributed by atoms with E-state index in [0.29, 0.717) is 75.2 Å². The molecular formula is C33H39N7O5. The highest BCUT2D eigenvalue weighted by Gasteiger charge is 2.10. The van der Waals surface area contributed by atoms with Gasteiger partial charge in [0.15, 0.2) is 0 Å². The fourth-order valence-electron chi connectivity index (χ4n) is 4.05. The van der Waals surface area contributed by atoms with Crippen LogP contribution < -0.4 is 21.3 Å². The molecule has 0 fully saturated rings. The first-order valence-electron chi connectivity index (χ1n) is 14.8. The zero-order valence-corrected chi connectivity index (χ0v) is 25.5. The van der Waals surface area contributed by atoms with Crippen LogP contribution in [0.4, 0.5) is 29.2 Å². The zero-order chi connectivity index (χ0) is 31.9. The summed E-state index contributed by atoms with van der Waals surface area (Å²) >= 11 is 0. The van der Waals surface area contributed by atoms with Gasteiger partial charge in [-0.3, -0.25) is 4.79 Å². The highest BCUT2D eigenvalue weighted by atomic mass is 16.5. The highest BCUT2D eigenvalue weighted by Crippen LogP contribution is 2.21. The van der Waals surface area contributed by atoms with Gasteiger partial charge in [-0.25, -0.2) is 0 Å². The third kappa shape index (κ3) is 11.9. The van der Waals surface area contributed by atoms with Crippen molar-refractivity contribution in [3.05, 3.63) is 89.5 Å². The first-order valence-corrected chi connectivity index (χ1v) is 14.8. The summed E-state index contributed by atoms with van der Waals surface area (Å²) in [4.78, 5) is 37.1. The van der Waals surface area contributed by atoms with Gasteiger partial charge in [0.1, 0.15) is 11.5 Å². The van der Waals surface area contributed by atoms with E-state index in [1.54, 1.807) is 55.5 Å². The number of phenolic OH excluding ortho intramolecular Hbond substituents is 1. The van der Waals surface area contributed by atoms with Crippen LogP contribution in [0, 0.1) is 6.92 Å². The summed E-state index contributed by atoms with van der Waals surface area (Å²) in [7, 11) is 0. The lowest BCUT2D eigenvalue weighted by Gasteiger charge is -2.12. The van der Waals surface area contributed by atoms with Crippen molar-refractivity contribution in [1.29, 1.82) is 0 Å². The first-order chi connectivity index (χ1) is 21.8. The number of nitrogens with zero attached hydrogens (tertiary/aromatic N) is 3. The van der Waals surface area contributed by atoms with Crippen LogP contribution in [0.5, 0.6) is 5.75 Å². The Morgan fingerprint density at radius 2 is 1.31 bits per heavy atom. The van der Waals surface area contributed by atoms with E-state index in [1.807, 2.05) is 31.2 Å². The highest BCUT2D eigenvalue weighted by molar-refractivity contribution is 5.94. The van der Waals surface area contributed by atoms with Crippen LogP contribution in [0.2, 0.25) is 0 Å². The van der Waals surface area contributed by atoms with Crippen LogP contribution in [-0.4, -0.2) is 64.7 Å². The topological polar surface area (TPSA) is 160 Å². The molecule has 0 atom stereocenters. The van der Waals surface area contributed by atoms with Crippen molar-refractivity contribution in [3.8, 4) is 5.75 Å². The maximum Gasteiger partial charge on any atom is 0.251 e. The number of carbonyl (C=O) groups excluding carboxylic acids is 2. The molecule has 4 aromatic rings. The molecule has 0 aliphatic heterocycles. The second-order valence-electron chi connectivity index (χ2n) is 10.3. The number of phenols is 1. The molecule has 4 rings (SSSR count). The van der Waals surface area contributed by atoms with Gasteiger partial charge >= 0.3 is 0 Å². The van der Waals surface area contributed by atoms with Crippen LogP contribution >= 0.6 is 0 Å². The van der Waals surface area contributed by atoms with E-state index in [9.17, 15) is 14.7 Å². The Kier molecular flexibility index (Phi) is 12.6. The molecule has 0 saturated heterocycles. The number of ketones is 1. The number of aryl methyl sites for hydroxylation is 1. The minimum atomic E-state index is -0.170. The van der Waals surface area contributed by atoms with Crippen molar-refractivity contribution < 1.29 is 24.2 Å². The van der Waals surface area contributed by atoms with E-state index < -0.39 is 0 Å². The predicted octanol–water partition coefficient (Wildman–Crippen LogP) is 5.12. The van der Waals surface area contributed by atoms with E-state index in [0.717, 1.165) is 5.56 Å². The van der Waals surface area contributed by atoms with E-state index in [4.69, 9.17) is 9.47 Å². The molecule has 1 amide bonds. The number of hydrogen-bond donors (Lipinski definition) is 5. The van der Waals surface area contributed by atoms with Crippen LogP contribution in [0.1, 0.15) is 41.3 Å². The Hall–Kier alpha value is -5.07. The molecule has 1 heterocycles. The van der Waals surface area contributed by atoms with Crippen LogP contribution in [0.25, 0.3) is 0 Å². The van der Waals surface area contributed by atoms with Gasteiger partial charge < -0.3 is 40.6 Å². The van der Waals surface area contributed by atoms with E-state index in [1.165, 1.54) is 5.56 Å². The summed E-state index contributed by atoms with van der Waals surface area (Å²) in [6, 6.07) is 21.6. The minimum Gasteiger partial charge on any atom is -0.508 e. The molecule has 12 nitrogen and oxygen atoms in total. The maximum atomic E-state index is 12.7. The van der Waals surface area contributed by atoms with Crippen molar-refractivity contribution in [2.45, 2.75) is 33.2 Å². The van der Waals surface area contributed by atoms with Crippen molar-refractivity contribution >= 4 is 40.9 Å². The standard InChI is InChI=1S/C33H39N7O5/c1-23-5-7-25(8-6-23)22-35-30(43)26-9-11-27(12-10-26)36-32-38-31(34-17-19-45-21-20-44-18-3-4-24(2)41)39-33(40-32)37-28-13-15-29(42)16-14-28/h5-16,42H,3-4,17-22H2,1-2H3,(H,35,43)(H3,34,36,37,38,39,40). The number of hydrogen-bond acceptors (Lipinski definition) is 11. The number of nitrogens with one attached hydrogen (secondary N) is 4. The molecule has 0 aliphatic rings. The molecule has 0 saturated carbocycles. The fraction of sp³-hybridized carbons (Fsp3) is 0.303. The number of anilines is 5. The van der Waals surface area contributed by atoms with Crippen molar-refractivity contribution in [1.82, 2.24) is 20.3 Å². The van der Waals surface area contributed by atoms with Gasteiger partial charge in [-0.15, -0.1) is 0 Å². The first kappa shape index (κ1) is 32.8. The summed E-state index contributed by atoms with van der Waals surface area (Å²) < 4.78 is 11.1. The van der Waals surface area contributed by atoms with Crippen LogP contribution in [0.15, 0.2) is 72.8 Å². The van der Waals surface area contributed by atoms with Crippen molar-refractivity contribution in [3.63, 3.8) is 0 Å². The van der Waals surface area contributed by atoms with E-state index in [-0.39, 0.29) is 29.3 Å². The van der Waals surface area contributed by atoms with Crippen LogP contribution in [-0.2, 0) is 20.8 Å². The Morgan fingerprint density at radius 3 is 1.93 bits per heavy atom. The second-order valence-corrected chi connectivity index (χ2v) is 10.3. The number of amides is 1. The molecule has 236 valence electrons. The fourth-order valence-corrected chi connectivity index (χ4v) is 4.05. The summed E-state index contributed by atoms with van der Waals surface area (Å²) in [5.74, 6) is 1.03. The quantitative estimate of drug-likeness (QED) is 0.0749. The van der Waals surface area contributed by atoms with E-state index >= 15 is 0 Å². The third-order valence-electron chi connectivity index (χ3n) is 6.45. The minimum absolute atomic E-state index is 0.148. The monoisotopic (exact) mass is 613 g/mol. The summed E-state index contributed by atoms with van der Waals surface area (Å²) in [6.45, 7) is 6.29. The predicted molar refractivity (Wildman–Crippen MR) is 173 cm³/mol. The zero-order valence-electron chi connectivity index (χ0n) is 25.5. The summed E-state index contributed by atoms with van der Waals surface area (Å²) in [5, 5.41) is 22.0. The SMILES string of the molecule is CC(=O)CCCOCCOCCNc1nc(Nc2ccc(O)cc2)nc(Nc2ccc(C(=O)NCc3ccc(C)cc3)cc2)n1. The van der Waals surface area contributed by atoms with Crippen LogP contribution in [0.3, 0.4) is 0 Å². The normalized spacial score (nSPS) is 10.7. The summed E-state index contributed by atoms with van der Waals surface area (Å²) in [5.41, 5.74) is 4.10. The molecule has 0 spiro atoms. The Labute approximate surface area is 262 Å². The lowest BCUT2D eigenvalue weighted by Crippen LogP contribution is -2.22. The number of ether oxygens (including phenoxy) is 2. The lowest BCUT2D eigenvalue weighted by atomic mass is 10.1. The molecular weight excluding hydrogens is 574 g/mol. The molecule has 0 radical (unpaired) electrons. The average molecular weight is 614 g/mol. The Bertz CT molecular complexity index is 1510. The molecule has 45 heavy (non-hydrogen) atoms. The van der Waals surface area contributed by atoms with Gasteiger partial charge in [-0.2, -0.15) is 15.0 Å². The largest absolute Gasteiger partial charge is 0.508 e. The Morgan fingerprint density at radius 1 is 0.733 bits per heavy atom. The number of Topliss-reactive ketones (excluding diaryl/α,β-unsaturated/α-hetero) is 1. The molecule has 0 unspecified atom stereocenters. The number of benzene rings is 3. The van der Waals surface area contributed by atoms with Crippen molar-refractivity contribution in [2.24, 2.45) is 0 Å². The smallest absolute Gasteiger partial charge is 0.251 e. The van der Waals surface area contributed by atoms with Gasteiger partial charge in [0.25, 0.3) is 5.91 Å². The number of aromatic nitrogens is 3. The van der Waals surface area contributed by atoms with Gasteiger partial charge in [0.05, 0.1) is 19.8 Å². The number of carbonyl (C=O) groups is 2. The average Bonchev–Trinajstić information content (AvgIpc) is 3.03. The van der Waals surface area contributed by atoms with Gasteiger partial charge in [0, 0.05) is 43.1 Å². The molecule has 12 heteroatoms. The maximum absolute atomic E-state index is 12.7. The number of aromatic hydroxyl groups is 1. The number of rotatable bonds is 18. The molecule has 1 aromatic heterocycles. The summed E-state index contributed by atoms with van der Waals surface area (Å²) in [6.07, 6.45) is 1.23. The lowest BCUT2D eigenvalue weighted by molar-refractivity contribution is -0.117.